The molecule has 1 heterocycles. The number of nitrogens with one attached hydrogen (secondary N) is 1. The SMILES string of the molecule is COC(=O)c1c(C#N)cc(Cl)nc1Nc1cccc(C[SH](=O)=O)c1. The lowest BCUT2D eigenvalue weighted by Gasteiger charge is -2.12. The average Bonchev–Trinajstić information content (AvgIpc) is 2.53. The van der Waals surface area contributed by atoms with Crippen molar-refractivity contribution in [1.29, 1.82) is 5.26 Å². The highest BCUT2D eigenvalue weighted by Gasteiger charge is 2.20. The van der Waals surface area contributed by atoms with Crippen LogP contribution < -0.4 is 5.32 Å². The maximum Gasteiger partial charge on any atom is 0.343 e. The van der Waals surface area contributed by atoms with E-state index in [4.69, 9.17) is 11.6 Å². The summed E-state index contributed by atoms with van der Waals surface area (Å²) in [5, 5.41) is 12.1. The number of aromatic nitrogens is 1. The number of hydrogen-bond donors (Lipinski definition) is 2. The van der Waals surface area contributed by atoms with E-state index in [1.54, 1.807) is 24.3 Å². The van der Waals surface area contributed by atoms with Gasteiger partial charge in [-0.15, -0.1) is 0 Å². The number of ether oxygens (including phenoxy) is 1. The number of carbonyl (C=O) groups is 1. The topological polar surface area (TPSA) is 109 Å². The van der Waals surface area contributed by atoms with E-state index >= 15 is 0 Å². The fourth-order valence-electron chi connectivity index (χ4n) is 2.03. The summed E-state index contributed by atoms with van der Waals surface area (Å²) in [5.74, 6) is -0.798. The molecule has 0 aliphatic rings. The molecule has 24 heavy (non-hydrogen) atoms. The summed E-state index contributed by atoms with van der Waals surface area (Å²) < 4.78 is 26.4. The van der Waals surface area contributed by atoms with Crippen LogP contribution in [-0.4, -0.2) is 26.5 Å². The van der Waals surface area contributed by atoms with E-state index in [-0.39, 0.29) is 27.9 Å². The van der Waals surface area contributed by atoms with Crippen LogP contribution in [0.25, 0.3) is 0 Å². The molecule has 7 nitrogen and oxygen atoms in total. The quantitative estimate of drug-likeness (QED) is 0.475. The maximum absolute atomic E-state index is 12.0. The van der Waals surface area contributed by atoms with Gasteiger partial charge in [0.1, 0.15) is 33.3 Å². The van der Waals surface area contributed by atoms with Gasteiger partial charge in [-0.3, -0.25) is 0 Å². The fourth-order valence-corrected chi connectivity index (χ4v) is 2.72. The summed E-state index contributed by atoms with van der Waals surface area (Å²) in [5.41, 5.74) is 1.03. The number of benzene rings is 1. The second kappa shape index (κ2) is 7.77. The van der Waals surface area contributed by atoms with Gasteiger partial charge in [0.2, 0.25) is 0 Å². The number of carbonyl (C=O) groups excluding carboxylic acids is 1. The lowest BCUT2D eigenvalue weighted by Crippen LogP contribution is -2.10. The number of pyridine rings is 1. The van der Waals surface area contributed by atoms with Crippen molar-refractivity contribution in [3.05, 3.63) is 52.2 Å². The van der Waals surface area contributed by atoms with Gasteiger partial charge in [0.05, 0.1) is 18.4 Å². The molecule has 0 amide bonds. The third kappa shape index (κ3) is 4.22. The number of nitriles is 1. The van der Waals surface area contributed by atoms with Crippen molar-refractivity contribution in [2.45, 2.75) is 5.75 Å². The number of hydrogen-bond acceptors (Lipinski definition) is 7. The largest absolute Gasteiger partial charge is 0.465 e. The second-order valence-electron chi connectivity index (χ2n) is 4.64. The highest BCUT2D eigenvalue weighted by molar-refractivity contribution is 7.71. The molecule has 9 heteroatoms. The highest BCUT2D eigenvalue weighted by atomic mass is 35.5. The van der Waals surface area contributed by atoms with Crippen LogP contribution in [0.4, 0.5) is 11.5 Å². The molecular formula is C15H12ClN3O4S. The van der Waals surface area contributed by atoms with Gasteiger partial charge in [-0.25, -0.2) is 18.2 Å². The molecule has 0 radical (unpaired) electrons. The van der Waals surface area contributed by atoms with Crippen molar-refractivity contribution in [2.24, 2.45) is 0 Å². The van der Waals surface area contributed by atoms with Crippen molar-refractivity contribution in [1.82, 2.24) is 4.98 Å². The average molecular weight is 366 g/mol. The van der Waals surface area contributed by atoms with Gasteiger partial charge in [-0.1, -0.05) is 23.7 Å². The molecule has 0 spiro atoms. The first-order chi connectivity index (χ1) is 11.4. The van der Waals surface area contributed by atoms with Crippen LogP contribution in [-0.2, 0) is 21.2 Å². The van der Waals surface area contributed by atoms with Crippen LogP contribution in [0, 0.1) is 11.3 Å². The van der Waals surface area contributed by atoms with Gasteiger partial charge >= 0.3 is 5.97 Å². The van der Waals surface area contributed by atoms with Gasteiger partial charge in [0.25, 0.3) is 0 Å². The van der Waals surface area contributed by atoms with Crippen LogP contribution in [0.15, 0.2) is 30.3 Å². The predicted octanol–water partition coefficient (Wildman–Crippen LogP) is 2.25. The van der Waals surface area contributed by atoms with Crippen LogP contribution in [0.3, 0.4) is 0 Å². The number of esters is 1. The van der Waals surface area contributed by atoms with Gasteiger partial charge in [0, 0.05) is 5.69 Å². The van der Waals surface area contributed by atoms with Crippen LogP contribution in [0.2, 0.25) is 5.15 Å². The first kappa shape index (κ1) is 17.7. The van der Waals surface area contributed by atoms with Crippen molar-refractivity contribution >= 4 is 39.8 Å². The van der Waals surface area contributed by atoms with Crippen molar-refractivity contribution in [2.75, 3.05) is 12.4 Å². The third-order valence-electron chi connectivity index (χ3n) is 3.00. The van der Waals surface area contributed by atoms with E-state index in [2.05, 4.69) is 15.0 Å². The Morgan fingerprint density at radius 3 is 2.79 bits per heavy atom. The summed E-state index contributed by atoms with van der Waals surface area (Å²) in [7, 11) is -1.37. The Bertz CT molecular complexity index is 898. The van der Waals surface area contributed by atoms with E-state index in [0.717, 1.165) is 0 Å². The van der Waals surface area contributed by atoms with Gasteiger partial charge in [-0.05, 0) is 23.8 Å². The third-order valence-corrected chi connectivity index (χ3v) is 3.82. The maximum atomic E-state index is 12.0. The second-order valence-corrected chi connectivity index (χ2v) is 6.00. The van der Waals surface area contributed by atoms with E-state index in [0.29, 0.717) is 11.3 Å². The number of rotatable bonds is 5. The molecule has 2 rings (SSSR count). The molecular weight excluding hydrogens is 354 g/mol. The molecule has 0 aliphatic heterocycles. The first-order valence-electron chi connectivity index (χ1n) is 6.61. The van der Waals surface area contributed by atoms with Crippen molar-refractivity contribution in [3.8, 4) is 6.07 Å². The Morgan fingerprint density at radius 2 is 2.17 bits per heavy atom. The molecule has 0 saturated carbocycles. The lowest BCUT2D eigenvalue weighted by atomic mass is 10.1. The molecule has 0 unspecified atom stereocenters. The normalized spacial score (nSPS) is 10.2. The molecule has 1 N–H and O–H groups in total. The first-order valence-corrected chi connectivity index (χ1v) is 8.35. The Balaban J connectivity index is 2.48. The van der Waals surface area contributed by atoms with E-state index in [9.17, 15) is 18.5 Å². The molecule has 1 aromatic heterocycles. The minimum atomic E-state index is -2.56. The molecule has 2 aromatic rings. The summed E-state index contributed by atoms with van der Waals surface area (Å²) in [6.45, 7) is 0. The Kier molecular flexibility index (Phi) is 5.73. The van der Waals surface area contributed by atoms with Crippen LogP contribution >= 0.6 is 11.6 Å². The number of thiol groups is 1. The Labute approximate surface area is 144 Å². The molecule has 0 bridgehead atoms. The van der Waals surface area contributed by atoms with E-state index < -0.39 is 16.7 Å². The molecule has 0 saturated heterocycles. The molecule has 1 aromatic carbocycles. The van der Waals surface area contributed by atoms with Gasteiger partial charge < -0.3 is 10.1 Å². The molecule has 0 fully saturated rings. The van der Waals surface area contributed by atoms with Crippen LogP contribution in [0.1, 0.15) is 21.5 Å². The van der Waals surface area contributed by atoms with Gasteiger partial charge in [0.15, 0.2) is 0 Å². The molecule has 0 atom stereocenters. The standard InChI is InChI=1S/C15H12ClN3O4S/c1-23-15(20)13-10(7-17)6-12(16)19-14(13)18-11-4-2-3-9(5-11)8-24(21)22/h2-6,24H,8H2,1H3,(H,18,19). The smallest absolute Gasteiger partial charge is 0.343 e. The number of anilines is 2. The predicted molar refractivity (Wildman–Crippen MR) is 89.0 cm³/mol. The van der Waals surface area contributed by atoms with E-state index in [1.807, 2.05) is 6.07 Å². The van der Waals surface area contributed by atoms with E-state index in [1.165, 1.54) is 13.2 Å². The lowest BCUT2D eigenvalue weighted by molar-refractivity contribution is 0.0601. The zero-order chi connectivity index (χ0) is 17.7. The number of methoxy groups -OCH3 is 1. The summed E-state index contributed by atoms with van der Waals surface area (Å²) in [6.07, 6.45) is 0. The summed E-state index contributed by atoms with van der Waals surface area (Å²) >= 11 is 5.88. The number of nitrogens with zero attached hydrogens (tertiary/aromatic N) is 2. The molecule has 0 aliphatic carbocycles. The fraction of sp³-hybridized carbons (Fsp3) is 0.133. The van der Waals surface area contributed by atoms with Crippen LogP contribution in [0.5, 0.6) is 0 Å². The number of halogens is 1. The van der Waals surface area contributed by atoms with Gasteiger partial charge in [-0.2, -0.15) is 5.26 Å². The molecule has 124 valence electrons. The Morgan fingerprint density at radius 1 is 1.42 bits per heavy atom. The van der Waals surface area contributed by atoms with Crippen molar-refractivity contribution < 1.29 is 17.9 Å². The summed E-state index contributed by atoms with van der Waals surface area (Å²) in [4.78, 5) is 16.0. The minimum Gasteiger partial charge on any atom is -0.465 e. The summed E-state index contributed by atoms with van der Waals surface area (Å²) in [6, 6.07) is 9.71. The minimum absolute atomic E-state index is 0.0168. The monoisotopic (exact) mass is 365 g/mol. The highest BCUT2D eigenvalue weighted by Crippen LogP contribution is 2.26. The van der Waals surface area contributed by atoms with Crippen molar-refractivity contribution in [3.63, 3.8) is 0 Å². The zero-order valence-corrected chi connectivity index (χ0v) is 14.1. The zero-order valence-electron chi connectivity index (χ0n) is 12.4. The Hall–Kier alpha value is -2.63.